The van der Waals surface area contributed by atoms with Gasteiger partial charge in [0.2, 0.25) is 0 Å². The zero-order chi connectivity index (χ0) is 10.8. The monoisotopic (exact) mass is 195 g/mol. The lowest BCUT2D eigenvalue weighted by molar-refractivity contribution is 0.283. The van der Waals surface area contributed by atoms with Crippen molar-refractivity contribution in [3.63, 3.8) is 0 Å². The Morgan fingerprint density at radius 1 is 1.50 bits per heavy atom. The molecule has 1 atom stereocenters. The first-order chi connectivity index (χ1) is 6.41. The lowest BCUT2D eigenvalue weighted by Crippen LogP contribution is -2.37. The predicted octanol–water partition coefficient (Wildman–Crippen LogP) is 1.94. The number of imidazole rings is 1. The van der Waals surface area contributed by atoms with E-state index in [1.165, 1.54) is 5.69 Å². The Bertz CT molecular complexity index is 283. The Kier molecular flexibility index (Phi) is 3.32. The van der Waals surface area contributed by atoms with Crippen molar-refractivity contribution >= 4 is 0 Å². The van der Waals surface area contributed by atoms with E-state index in [9.17, 15) is 0 Å². The molecule has 1 aromatic heterocycles. The van der Waals surface area contributed by atoms with Crippen LogP contribution in [-0.2, 0) is 13.6 Å². The van der Waals surface area contributed by atoms with Gasteiger partial charge in [-0.25, -0.2) is 4.98 Å². The number of rotatable bonds is 3. The number of nitrogens with one attached hydrogen (secondary N) is 1. The molecule has 0 aromatic carbocycles. The molecule has 3 nitrogen and oxygen atoms in total. The third kappa shape index (κ3) is 2.84. The molecule has 0 aliphatic heterocycles. The van der Waals surface area contributed by atoms with E-state index in [4.69, 9.17) is 0 Å². The van der Waals surface area contributed by atoms with Crippen LogP contribution in [0.2, 0.25) is 0 Å². The van der Waals surface area contributed by atoms with Crippen molar-refractivity contribution in [1.82, 2.24) is 14.9 Å². The van der Waals surface area contributed by atoms with Gasteiger partial charge in [-0.15, -0.1) is 0 Å². The molecule has 0 aliphatic carbocycles. The van der Waals surface area contributed by atoms with Gasteiger partial charge in [-0.05, 0) is 12.3 Å². The standard InChI is InChI=1S/C11H21N3/c1-9(11(2,3)4)13-7-10-6-12-8-14(10)5/h6,8-9,13H,7H2,1-5H3. The van der Waals surface area contributed by atoms with Gasteiger partial charge in [0.25, 0.3) is 0 Å². The maximum absolute atomic E-state index is 4.08. The molecule has 14 heavy (non-hydrogen) atoms. The molecule has 0 amide bonds. The molecule has 80 valence electrons. The van der Waals surface area contributed by atoms with Gasteiger partial charge in [0.1, 0.15) is 0 Å². The minimum absolute atomic E-state index is 0.304. The molecule has 0 saturated carbocycles. The van der Waals surface area contributed by atoms with Gasteiger partial charge in [0.15, 0.2) is 0 Å². The summed E-state index contributed by atoms with van der Waals surface area (Å²) < 4.78 is 2.04. The van der Waals surface area contributed by atoms with Crippen molar-refractivity contribution in [3.05, 3.63) is 18.2 Å². The summed E-state index contributed by atoms with van der Waals surface area (Å²) in [4.78, 5) is 4.08. The Balaban J connectivity index is 2.46. The summed E-state index contributed by atoms with van der Waals surface area (Å²) in [6.07, 6.45) is 3.74. The maximum atomic E-state index is 4.08. The van der Waals surface area contributed by atoms with E-state index in [0.717, 1.165) is 6.54 Å². The summed E-state index contributed by atoms with van der Waals surface area (Å²) in [5.74, 6) is 0. The normalized spacial score (nSPS) is 14.4. The number of hydrogen-bond acceptors (Lipinski definition) is 2. The Hall–Kier alpha value is -0.830. The Labute approximate surface area is 86.5 Å². The number of nitrogens with zero attached hydrogens (tertiary/aromatic N) is 2. The molecule has 1 unspecified atom stereocenters. The topological polar surface area (TPSA) is 29.9 Å². The third-order valence-electron chi connectivity index (χ3n) is 2.80. The van der Waals surface area contributed by atoms with Gasteiger partial charge in [-0.1, -0.05) is 20.8 Å². The summed E-state index contributed by atoms with van der Waals surface area (Å²) in [6, 6.07) is 0.498. The highest BCUT2D eigenvalue weighted by molar-refractivity contribution is 4.97. The van der Waals surface area contributed by atoms with Crippen LogP contribution >= 0.6 is 0 Å². The second kappa shape index (κ2) is 4.13. The van der Waals surface area contributed by atoms with E-state index in [0.29, 0.717) is 11.5 Å². The molecule has 0 saturated heterocycles. The highest BCUT2D eigenvalue weighted by atomic mass is 15.0. The van der Waals surface area contributed by atoms with E-state index >= 15 is 0 Å². The minimum Gasteiger partial charge on any atom is -0.337 e. The highest BCUT2D eigenvalue weighted by Crippen LogP contribution is 2.18. The Morgan fingerprint density at radius 3 is 2.57 bits per heavy atom. The quantitative estimate of drug-likeness (QED) is 0.799. The van der Waals surface area contributed by atoms with E-state index in [1.807, 2.05) is 24.1 Å². The van der Waals surface area contributed by atoms with Crippen molar-refractivity contribution in [1.29, 1.82) is 0 Å². The molecule has 0 spiro atoms. The van der Waals surface area contributed by atoms with Crippen molar-refractivity contribution in [2.45, 2.75) is 40.3 Å². The molecular weight excluding hydrogens is 174 g/mol. The smallest absolute Gasteiger partial charge is 0.0945 e. The lowest BCUT2D eigenvalue weighted by atomic mass is 9.88. The second-order valence-electron chi connectivity index (χ2n) is 4.96. The first kappa shape index (κ1) is 11.2. The minimum atomic E-state index is 0.304. The predicted molar refractivity (Wildman–Crippen MR) is 59.0 cm³/mol. The summed E-state index contributed by atoms with van der Waals surface area (Å²) in [6.45, 7) is 9.83. The number of hydrogen-bond donors (Lipinski definition) is 1. The van der Waals surface area contributed by atoms with Crippen molar-refractivity contribution in [2.24, 2.45) is 12.5 Å². The van der Waals surface area contributed by atoms with Gasteiger partial charge in [0.05, 0.1) is 12.0 Å². The summed E-state index contributed by atoms with van der Waals surface area (Å²) in [7, 11) is 2.02. The lowest BCUT2D eigenvalue weighted by Gasteiger charge is -2.28. The fourth-order valence-corrected chi connectivity index (χ4v) is 1.12. The molecule has 3 heteroatoms. The first-order valence-electron chi connectivity index (χ1n) is 5.10. The fraction of sp³-hybridized carbons (Fsp3) is 0.727. The zero-order valence-electron chi connectivity index (χ0n) is 9.83. The van der Waals surface area contributed by atoms with Crippen LogP contribution in [0.3, 0.4) is 0 Å². The molecule has 1 N–H and O–H groups in total. The molecule has 0 bridgehead atoms. The molecule has 0 aliphatic rings. The third-order valence-corrected chi connectivity index (χ3v) is 2.80. The maximum Gasteiger partial charge on any atom is 0.0945 e. The average Bonchev–Trinajstić information content (AvgIpc) is 2.45. The molecule has 0 radical (unpaired) electrons. The molecule has 0 fully saturated rings. The van der Waals surface area contributed by atoms with Gasteiger partial charge >= 0.3 is 0 Å². The van der Waals surface area contributed by atoms with Crippen molar-refractivity contribution in [2.75, 3.05) is 0 Å². The van der Waals surface area contributed by atoms with Crippen molar-refractivity contribution in [3.8, 4) is 0 Å². The van der Waals surface area contributed by atoms with Gasteiger partial charge in [-0.3, -0.25) is 0 Å². The number of aryl methyl sites for hydroxylation is 1. The summed E-state index contributed by atoms with van der Waals surface area (Å²) in [5, 5.41) is 3.50. The van der Waals surface area contributed by atoms with E-state index in [-0.39, 0.29) is 0 Å². The van der Waals surface area contributed by atoms with Crippen molar-refractivity contribution < 1.29 is 0 Å². The van der Waals surface area contributed by atoms with Gasteiger partial charge < -0.3 is 9.88 Å². The van der Waals surface area contributed by atoms with Crippen LogP contribution in [0.4, 0.5) is 0 Å². The van der Waals surface area contributed by atoms with Crippen LogP contribution in [0, 0.1) is 5.41 Å². The first-order valence-corrected chi connectivity index (χ1v) is 5.10. The van der Waals surface area contributed by atoms with E-state index in [2.05, 4.69) is 38.0 Å². The molecule has 1 heterocycles. The Morgan fingerprint density at radius 2 is 2.14 bits per heavy atom. The van der Waals surface area contributed by atoms with Gasteiger partial charge in [0, 0.05) is 25.8 Å². The number of aromatic nitrogens is 2. The van der Waals surface area contributed by atoms with Crippen LogP contribution in [-0.4, -0.2) is 15.6 Å². The average molecular weight is 195 g/mol. The zero-order valence-corrected chi connectivity index (χ0v) is 9.83. The van der Waals surface area contributed by atoms with Crippen LogP contribution < -0.4 is 5.32 Å². The van der Waals surface area contributed by atoms with Crippen LogP contribution in [0.25, 0.3) is 0 Å². The second-order valence-corrected chi connectivity index (χ2v) is 4.96. The molecule has 1 aromatic rings. The largest absolute Gasteiger partial charge is 0.337 e. The SMILES string of the molecule is CC(NCc1cncn1C)C(C)(C)C. The van der Waals surface area contributed by atoms with E-state index < -0.39 is 0 Å². The van der Waals surface area contributed by atoms with Gasteiger partial charge in [-0.2, -0.15) is 0 Å². The fourth-order valence-electron chi connectivity index (χ4n) is 1.12. The summed E-state index contributed by atoms with van der Waals surface area (Å²) >= 11 is 0. The summed E-state index contributed by atoms with van der Waals surface area (Å²) in [5.41, 5.74) is 1.53. The highest BCUT2D eigenvalue weighted by Gasteiger charge is 2.19. The van der Waals surface area contributed by atoms with Crippen LogP contribution in [0.15, 0.2) is 12.5 Å². The van der Waals surface area contributed by atoms with Crippen LogP contribution in [0.1, 0.15) is 33.4 Å². The molecule has 1 rings (SSSR count). The molecular formula is C11H21N3. The van der Waals surface area contributed by atoms with E-state index in [1.54, 1.807) is 0 Å². The van der Waals surface area contributed by atoms with Crippen LogP contribution in [0.5, 0.6) is 0 Å².